The highest BCUT2D eigenvalue weighted by molar-refractivity contribution is 5.52. The van der Waals surface area contributed by atoms with Gasteiger partial charge in [0.2, 0.25) is 11.8 Å². The van der Waals surface area contributed by atoms with Crippen LogP contribution >= 0.6 is 0 Å². The molecule has 1 unspecified atom stereocenters. The summed E-state index contributed by atoms with van der Waals surface area (Å²) in [6.07, 6.45) is 1.54. The van der Waals surface area contributed by atoms with Gasteiger partial charge in [0.1, 0.15) is 11.8 Å². The molecule has 0 amide bonds. The minimum Gasteiger partial charge on any atom is -0.374 e. The fourth-order valence-corrected chi connectivity index (χ4v) is 2.67. The van der Waals surface area contributed by atoms with Crippen molar-refractivity contribution < 1.29 is 9.26 Å². The van der Waals surface area contributed by atoms with Gasteiger partial charge in [-0.3, -0.25) is 9.55 Å². The Kier molecular flexibility index (Phi) is 5.80. The molecule has 3 aromatic heterocycles. The molecule has 0 saturated heterocycles. The number of aromatic nitrogens is 6. The molecule has 0 aliphatic carbocycles. The minimum atomic E-state index is -0.215. The van der Waals surface area contributed by atoms with Gasteiger partial charge in [-0.15, -0.1) is 10.2 Å². The molecule has 144 valence electrons. The van der Waals surface area contributed by atoms with Gasteiger partial charge in [-0.25, -0.2) is 0 Å². The van der Waals surface area contributed by atoms with Crippen molar-refractivity contribution in [1.29, 1.82) is 0 Å². The Morgan fingerprint density at radius 1 is 1.22 bits per heavy atom. The lowest BCUT2D eigenvalue weighted by molar-refractivity contribution is 0.109. The maximum absolute atomic E-state index is 5.34. The van der Waals surface area contributed by atoms with E-state index in [9.17, 15) is 0 Å². The van der Waals surface area contributed by atoms with E-state index >= 15 is 0 Å². The smallest absolute Gasteiger partial charge is 0.246 e. The van der Waals surface area contributed by atoms with Gasteiger partial charge in [0, 0.05) is 26.9 Å². The molecule has 0 N–H and O–H groups in total. The molecule has 0 aliphatic heterocycles. The Morgan fingerprint density at radius 2 is 2.04 bits per heavy atom. The molecule has 3 heterocycles. The first-order chi connectivity index (χ1) is 13.0. The molecule has 0 aromatic carbocycles. The first kappa shape index (κ1) is 19.0. The fourth-order valence-electron chi connectivity index (χ4n) is 2.67. The van der Waals surface area contributed by atoms with Crippen molar-refractivity contribution in [2.24, 2.45) is 5.92 Å². The number of hydrogen-bond donors (Lipinski definition) is 0. The van der Waals surface area contributed by atoms with Crippen LogP contribution in [0.4, 0.5) is 5.95 Å². The molecule has 0 radical (unpaired) electrons. The van der Waals surface area contributed by atoms with Crippen LogP contribution in [0.1, 0.15) is 38.6 Å². The molecule has 0 bridgehead atoms. The lowest BCUT2D eigenvalue weighted by Crippen LogP contribution is -2.22. The third kappa shape index (κ3) is 4.30. The van der Waals surface area contributed by atoms with E-state index in [-0.39, 0.29) is 6.10 Å². The predicted molar refractivity (Wildman–Crippen MR) is 99.9 cm³/mol. The zero-order valence-corrected chi connectivity index (χ0v) is 16.3. The van der Waals surface area contributed by atoms with E-state index in [0.29, 0.717) is 24.2 Å². The Labute approximate surface area is 158 Å². The molecule has 0 fully saturated rings. The highest BCUT2D eigenvalue weighted by atomic mass is 16.5. The van der Waals surface area contributed by atoms with Crippen LogP contribution in [-0.4, -0.2) is 44.0 Å². The van der Waals surface area contributed by atoms with Crippen LogP contribution in [-0.2, 0) is 17.8 Å². The summed E-state index contributed by atoms with van der Waals surface area (Å²) in [5.41, 5.74) is 0.791. The van der Waals surface area contributed by atoms with E-state index in [1.807, 2.05) is 37.1 Å². The molecule has 9 heteroatoms. The largest absolute Gasteiger partial charge is 0.374 e. The number of hydrogen-bond acceptors (Lipinski definition) is 8. The van der Waals surface area contributed by atoms with Crippen molar-refractivity contribution in [2.45, 2.75) is 40.0 Å². The quantitative estimate of drug-likeness (QED) is 0.596. The first-order valence-electron chi connectivity index (χ1n) is 8.90. The van der Waals surface area contributed by atoms with Gasteiger partial charge in [-0.2, -0.15) is 4.98 Å². The van der Waals surface area contributed by atoms with Gasteiger partial charge < -0.3 is 14.2 Å². The Bertz CT molecular complexity index is 860. The summed E-state index contributed by atoms with van der Waals surface area (Å²) in [7, 11) is 3.53. The molecule has 0 aliphatic rings. The van der Waals surface area contributed by atoms with E-state index in [0.717, 1.165) is 24.0 Å². The van der Waals surface area contributed by atoms with Crippen molar-refractivity contribution in [2.75, 3.05) is 19.1 Å². The van der Waals surface area contributed by atoms with Crippen molar-refractivity contribution in [3.63, 3.8) is 0 Å². The second-order valence-corrected chi connectivity index (χ2v) is 6.82. The highest BCUT2D eigenvalue weighted by Gasteiger charge is 2.21. The molecule has 27 heavy (non-hydrogen) atoms. The second kappa shape index (κ2) is 8.26. The molecule has 3 aromatic rings. The lowest BCUT2D eigenvalue weighted by Gasteiger charge is -2.19. The summed E-state index contributed by atoms with van der Waals surface area (Å²) in [5, 5.41) is 12.7. The Hall–Kier alpha value is -2.81. The SMILES string of the molecule is COC(C)c1noc(CN(C)c2nnc(-c3ccccn3)n2CC(C)C)n1. The van der Waals surface area contributed by atoms with Gasteiger partial charge in [0.15, 0.2) is 11.6 Å². The topological polar surface area (TPSA) is 95.0 Å². The van der Waals surface area contributed by atoms with E-state index in [1.165, 1.54) is 0 Å². The van der Waals surface area contributed by atoms with Gasteiger partial charge in [-0.1, -0.05) is 25.1 Å². The number of nitrogens with zero attached hydrogens (tertiary/aromatic N) is 7. The summed E-state index contributed by atoms with van der Waals surface area (Å²) < 4.78 is 12.6. The highest BCUT2D eigenvalue weighted by Crippen LogP contribution is 2.23. The zero-order valence-electron chi connectivity index (χ0n) is 16.3. The first-order valence-corrected chi connectivity index (χ1v) is 8.90. The van der Waals surface area contributed by atoms with Crippen LogP contribution in [0.15, 0.2) is 28.9 Å². The van der Waals surface area contributed by atoms with Crippen molar-refractivity contribution in [3.05, 3.63) is 36.1 Å². The maximum Gasteiger partial charge on any atom is 0.246 e. The van der Waals surface area contributed by atoms with Crippen LogP contribution in [0.25, 0.3) is 11.5 Å². The van der Waals surface area contributed by atoms with Crippen LogP contribution in [0, 0.1) is 5.92 Å². The summed E-state index contributed by atoms with van der Waals surface area (Å²) >= 11 is 0. The fraction of sp³-hybridized carbons (Fsp3) is 0.500. The summed E-state index contributed by atoms with van der Waals surface area (Å²) in [6.45, 7) is 7.37. The summed E-state index contributed by atoms with van der Waals surface area (Å²) in [4.78, 5) is 10.7. The molecular weight excluding hydrogens is 346 g/mol. The van der Waals surface area contributed by atoms with Crippen LogP contribution in [0.3, 0.4) is 0 Å². The number of anilines is 1. The van der Waals surface area contributed by atoms with E-state index in [1.54, 1.807) is 13.3 Å². The predicted octanol–water partition coefficient (Wildman–Crippen LogP) is 2.72. The molecule has 3 rings (SSSR count). The number of ether oxygens (including phenoxy) is 1. The van der Waals surface area contributed by atoms with Crippen LogP contribution < -0.4 is 4.90 Å². The zero-order chi connectivity index (χ0) is 19.4. The second-order valence-electron chi connectivity index (χ2n) is 6.82. The standard InChI is InChI=1S/C18H25N7O2/c1-12(2)10-25-17(14-8-6-7-9-19-14)21-22-18(25)24(4)11-15-20-16(23-27-15)13(3)26-5/h6-9,12-13H,10-11H2,1-5H3. The molecule has 0 spiro atoms. The number of methoxy groups -OCH3 is 1. The maximum atomic E-state index is 5.34. The third-order valence-electron chi connectivity index (χ3n) is 4.09. The van der Waals surface area contributed by atoms with Crippen molar-refractivity contribution >= 4 is 5.95 Å². The molecular formula is C18H25N7O2. The third-order valence-corrected chi connectivity index (χ3v) is 4.09. The molecule has 1 atom stereocenters. The lowest BCUT2D eigenvalue weighted by atomic mass is 10.2. The van der Waals surface area contributed by atoms with Gasteiger partial charge >= 0.3 is 0 Å². The van der Waals surface area contributed by atoms with Gasteiger partial charge in [0.05, 0.1) is 6.54 Å². The minimum absolute atomic E-state index is 0.215. The van der Waals surface area contributed by atoms with Crippen LogP contribution in [0.2, 0.25) is 0 Å². The van der Waals surface area contributed by atoms with Gasteiger partial charge in [-0.05, 0) is 25.0 Å². The average Bonchev–Trinajstić information content (AvgIpc) is 3.28. The Morgan fingerprint density at radius 3 is 2.70 bits per heavy atom. The molecule has 9 nitrogen and oxygen atoms in total. The van der Waals surface area contributed by atoms with E-state index < -0.39 is 0 Å². The van der Waals surface area contributed by atoms with Crippen LogP contribution in [0.5, 0.6) is 0 Å². The average molecular weight is 371 g/mol. The van der Waals surface area contributed by atoms with Gasteiger partial charge in [0.25, 0.3) is 0 Å². The van der Waals surface area contributed by atoms with E-state index in [2.05, 4.69) is 43.7 Å². The number of rotatable bonds is 8. The van der Waals surface area contributed by atoms with E-state index in [4.69, 9.17) is 9.26 Å². The summed E-state index contributed by atoms with van der Waals surface area (Å²) in [6, 6.07) is 5.76. The Balaban J connectivity index is 1.86. The summed E-state index contributed by atoms with van der Waals surface area (Å²) in [5.74, 6) is 2.91. The normalized spacial score (nSPS) is 12.5. The molecule has 0 saturated carbocycles. The number of pyridine rings is 1. The van der Waals surface area contributed by atoms with Crippen molar-refractivity contribution in [1.82, 2.24) is 29.9 Å². The van der Waals surface area contributed by atoms with Crippen molar-refractivity contribution in [3.8, 4) is 11.5 Å². The monoisotopic (exact) mass is 371 g/mol.